The molecule has 2 rings (SSSR count). The van der Waals surface area contributed by atoms with E-state index >= 15 is 0 Å². The molecule has 0 aliphatic carbocycles. The van der Waals surface area contributed by atoms with E-state index in [0.29, 0.717) is 5.88 Å². The van der Waals surface area contributed by atoms with E-state index in [9.17, 15) is 0 Å². The fraction of sp³-hybridized carbons (Fsp3) is 0.167. The van der Waals surface area contributed by atoms with Crippen LogP contribution in [0.5, 0.6) is 0 Å². The Morgan fingerprint density at radius 2 is 2.50 bits per heavy atom. The van der Waals surface area contributed by atoms with Gasteiger partial charge in [0.05, 0.1) is 6.26 Å². The second-order valence-corrected chi connectivity index (χ2v) is 2.10. The lowest BCUT2D eigenvalue weighted by atomic mass is 10.6. The van der Waals surface area contributed by atoms with Crippen molar-refractivity contribution in [3.05, 3.63) is 24.2 Å². The number of aliphatic hydroxyl groups is 1. The summed E-state index contributed by atoms with van der Waals surface area (Å²) in [5.41, 5.74) is 0. The minimum absolute atomic E-state index is 0.222. The molecule has 62 valence electrons. The molecule has 2 aromatic rings. The van der Waals surface area contributed by atoms with E-state index in [2.05, 4.69) is 15.4 Å². The Bertz CT molecular complexity index is 353. The molecule has 2 heterocycles. The van der Waals surface area contributed by atoms with Crippen LogP contribution in [0.3, 0.4) is 0 Å². The minimum Gasteiger partial charge on any atom is -0.445 e. The summed E-state index contributed by atoms with van der Waals surface area (Å²) in [7, 11) is 0. The van der Waals surface area contributed by atoms with E-state index in [1.165, 1.54) is 11.1 Å². The molecule has 0 fully saturated rings. The summed E-state index contributed by atoms with van der Waals surface area (Å²) in [6, 6.07) is 3.42. The molecule has 0 aliphatic rings. The zero-order valence-electron chi connectivity index (χ0n) is 6.08. The third-order valence-electron chi connectivity index (χ3n) is 1.30. The predicted molar refractivity (Wildman–Crippen MR) is 37.3 cm³/mol. The Morgan fingerprint density at radius 1 is 1.58 bits per heavy atom. The van der Waals surface area contributed by atoms with Crippen LogP contribution in [0.25, 0.3) is 5.88 Å². The fourth-order valence-electron chi connectivity index (χ4n) is 0.784. The average Bonchev–Trinajstić information content (AvgIpc) is 2.75. The van der Waals surface area contributed by atoms with Crippen molar-refractivity contribution in [1.82, 2.24) is 20.2 Å². The van der Waals surface area contributed by atoms with Crippen LogP contribution in [0.15, 0.2) is 22.8 Å². The summed E-state index contributed by atoms with van der Waals surface area (Å²) >= 11 is 0. The van der Waals surface area contributed by atoms with Gasteiger partial charge < -0.3 is 9.52 Å². The van der Waals surface area contributed by atoms with Gasteiger partial charge in [-0.1, -0.05) is 4.80 Å². The number of hydrogen-bond donors (Lipinski definition) is 1. The van der Waals surface area contributed by atoms with Crippen LogP contribution in [-0.2, 0) is 6.61 Å². The van der Waals surface area contributed by atoms with Crippen LogP contribution in [-0.4, -0.2) is 25.3 Å². The van der Waals surface area contributed by atoms with E-state index < -0.39 is 0 Å². The zero-order valence-corrected chi connectivity index (χ0v) is 6.08. The van der Waals surface area contributed by atoms with Crippen LogP contribution in [0.4, 0.5) is 0 Å². The lowest BCUT2D eigenvalue weighted by Crippen LogP contribution is -1.97. The third kappa shape index (κ3) is 1.08. The smallest absolute Gasteiger partial charge is 0.239 e. The van der Waals surface area contributed by atoms with Crippen molar-refractivity contribution in [3.8, 4) is 5.88 Å². The van der Waals surface area contributed by atoms with E-state index in [-0.39, 0.29) is 12.4 Å². The quantitative estimate of drug-likeness (QED) is 0.665. The van der Waals surface area contributed by atoms with Gasteiger partial charge in [-0.25, -0.2) is 0 Å². The monoisotopic (exact) mass is 166 g/mol. The molecule has 0 atom stereocenters. The number of nitrogens with zero attached hydrogens (tertiary/aromatic N) is 4. The van der Waals surface area contributed by atoms with Gasteiger partial charge in [0.25, 0.3) is 0 Å². The molecule has 2 aromatic heterocycles. The van der Waals surface area contributed by atoms with Gasteiger partial charge in [0.1, 0.15) is 6.61 Å². The average molecular weight is 166 g/mol. The number of furan rings is 1. The van der Waals surface area contributed by atoms with Crippen LogP contribution in [0.2, 0.25) is 0 Å². The Labute approximate surface area is 67.4 Å². The van der Waals surface area contributed by atoms with Gasteiger partial charge in [0, 0.05) is 6.07 Å². The molecule has 0 amide bonds. The van der Waals surface area contributed by atoms with Gasteiger partial charge in [-0.15, -0.1) is 10.2 Å². The molecule has 12 heavy (non-hydrogen) atoms. The highest BCUT2D eigenvalue weighted by Gasteiger charge is 2.04. The third-order valence-corrected chi connectivity index (χ3v) is 1.30. The predicted octanol–water partition coefficient (Wildman–Crippen LogP) is -0.252. The largest absolute Gasteiger partial charge is 0.445 e. The molecule has 0 spiro atoms. The topological polar surface area (TPSA) is 77.0 Å². The second-order valence-electron chi connectivity index (χ2n) is 2.10. The molecule has 0 saturated carbocycles. The molecule has 0 bridgehead atoms. The summed E-state index contributed by atoms with van der Waals surface area (Å²) in [6.45, 7) is -0.222. The lowest BCUT2D eigenvalue weighted by Gasteiger charge is -1.87. The van der Waals surface area contributed by atoms with Gasteiger partial charge in [-0.05, 0) is 11.3 Å². The van der Waals surface area contributed by atoms with Crippen molar-refractivity contribution in [3.63, 3.8) is 0 Å². The van der Waals surface area contributed by atoms with Gasteiger partial charge in [-0.2, -0.15) is 0 Å². The van der Waals surface area contributed by atoms with Gasteiger partial charge in [0.2, 0.25) is 11.7 Å². The van der Waals surface area contributed by atoms with E-state index in [0.717, 1.165) is 0 Å². The number of aliphatic hydroxyl groups excluding tert-OH is 1. The zero-order chi connectivity index (χ0) is 8.39. The molecule has 0 radical (unpaired) electrons. The van der Waals surface area contributed by atoms with Crippen LogP contribution < -0.4 is 0 Å². The molecule has 0 aromatic carbocycles. The Morgan fingerprint density at radius 3 is 3.08 bits per heavy atom. The Balaban J connectivity index is 2.35. The van der Waals surface area contributed by atoms with Crippen LogP contribution in [0, 0.1) is 0 Å². The molecule has 0 aliphatic heterocycles. The number of aromatic nitrogens is 4. The van der Waals surface area contributed by atoms with Gasteiger partial charge in [-0.3, -0.25) is 0 Å². The number of rotatable bonds is 2. The Kier molecular flexibility index (Phi) is 1.60. The van der Waals surface area contributed by atoms with Crippen LogP contribution in [0.1, 0.15) is 5.82 Å². The van der Waals surface area contributed by atoms with Crippen molar-refractivity contribution in [2.75, 3.05) is 0 Å². The van der Waals surface area contributed by atoms with Crippen molar-refractivity contribution >= 4 is 0 Å². The van der Waals surface area contributed by atoms with Crippen molar-refractivity contribution < 1.29 is 9.52 Å². The summed E-state index contributed by atoms with van der Waals surface area (Å²) in [5, 5.41) is 19.7. The summed E-state index contributed by atoms with van der Waals surface area (Å²) in [4.78, 5) is 1.21. The summed E-state index contributed by atoms with van der Waals surface area (Å²) in [6.07, 6.45) is 1.51. The van der Waals surface area contributed by atoms with Crippen molar-refractivity contribution in [2.24, 2.45) is 0 Å². The Hall–Kier alpha value is -1.69. The highest BCUT2D eigenvalue weighted by atomic mass is 16.3. The molecule has 6 heteroatoms. The summed E-state index contributed by atoms with van der Waals surface area (Å²) < 4.78 is 4.99. The highest BCUT2D eigenvalue weighted by molar-refractivity contribution is 5.12. The first-order valence-corrected chi connectivity index (χ1v) is 3.34. The first-order chi connectivity index (χ1) is 5.90. The summed E-state index contributed by atoms with van der Waals surface area (Å²) in [5.74, 6) is 0.744. The van der Waals surface area contributed by atoms with Gasteiger partial charge >= 0.3 is 0 Å². The maximum Gasteiger partial charge on any atom is 0.239 e. The second kappa shape index (κ2) is 2.74. The molecule has 1 N–H and O–H groups in total. The molecular formula is C6H6N4O2. The minimum atomic E-state index is -0.222. The van der Waals surface area contributed by atoms with Crippen LogP contribution >= 0.6 is 0 Å². The maximum absolute atomic E-state index is 8.64. The molecule has 6 nitrogen and oxygen atoms in total. The standard InChI is InChI=1S/C6H6N4O2/c11-4-5-7-9-10(8-5)6-2-1-3-12-6/h1-3,11H,4H2. The normalized spacial score (nSPS) is 10.4. The van der Waals surface area contributed by atoms with E-state index in [1.807, 2.05) is 0 Å². The number of hydrogen-bond acceptors (Lipinski definition) is 5. The van der Waals surface area contributed by atoms with E-state index in [4.69, 9.17) is 9.52 Å². The SMILES string of the molecule is OCc1nnn(-c2ccco2)n1. The van der Waals surface area contributed by atoms with E-state index in [1.54, 1.807) is 12.1 Å². The molecular weight excluding hydrogens is 160 g/mol. The van der Waals surface area contributed by atoms with Crippen molar-refractivity contribution in [1.29, 1.82) is 0 Å². The van der Waals surface area contributed by atoms with Crippen molar-refractivity contribution in [2.45, 2.75) is 6.61 Å². The number of tetrazole rings is 1. The first-order valence-electron chi connectivity index (χ1n) is 3.34. The maximum atomic E-state index is 8.64. The fourth-order valence-corrected chi connectivity index (χ4v) is 0.784. The molecule has 0 saturated heterocycles. The molecule has 0 unspecified atom stereocenters. The first kappa shape index (κ1) is 6.99. The lowest BCUT2D eigenvalue weighted by molar-refractivity contribution is 0.271. The highest BCUT2D eigenvalue weighted by Crippen LogP contribution is 2.03. The van der Waals surface area contributed by atoms with Gasteiger partial charge in [0.15, 0.2) is 0 Å².